The summed E-state index contributed by atoms with van der Waals surface area (Å²) in [7, 11) is 1.80. The highest BCUT2D eigenvalue weighted by atomic mass is 35.5. The van der Waals surface area contributed by atoms with E-state index in [4.69, 9.17) is 11.6 Å². The Bertz CT molecular complexity index is 583. The molecule has 0 aliphatic rings. The standard InChI is InChI=1S/C10H10ClN5O2/c1-15-6-7(4-14-15)3-12-10-9(16(17)18)2-8(11)5-13-10/h2,4-6H,3H2,1H3,(H,12,13). The maximum absolute atomic E-state index is 10.8. The minimum atomic E-state index is -0.523. The number of nitrogens with zero attached hydrogens (tertiary/aromatic N) is 4. The van der Waals surface area contributed by atoms with E-state index in [1.54, 1.807) is 17.9 Å². The predicted molar refractivity (Wildman–Crippen MR) is 66.4 cm³/mol. The SMILES string of the molecule is Cn1cc(CNc2ncc(Cl)cc2[N+](=O)[O-])cn1. The van der Waals surface area contributed by atoms with Gasteiger partial charge in [-0.3, -0.25) is 14.8 Å². The molecule has 0 fully saturated rings. The summed E-state index contributed by atoms with van der Waals surface area (Å²) in [4.78, 5) is 14.2. The van der Waals surface area contributed by atoms with Crippen LogP contribution in [0.15, 0.2) is 24.7 Å². The lowest BCUT2D eigenvalue weighted by molar-refractivity contribution is -0.384. The Kier molecular flexibility index (Phi) is 3.42. The van der Waals surface area contributed by atoms with Crippen LogP contribution in [0.25, 0.3) is 0 Å². The molecule has 0 atom stereocenters. The zero-order valence-electron chi connectivity index (χ0n) is 9.50. The Morgan fingerprint density at radius 1 is 1.56 bits per heavy atom. The monoisotopic (exact) mass is 267 g/mol. The van der Waals surface area contributed by atoms with Gasteiger partial charge in [0, 0.05) is 37.6 Å². The third-order valence-corrected chi connectivity index (χ3v) is 2.46. The lowest BCUT2D eigenvalue weighted by Crippen LogP contribution is -2.04. The third-order valence-electron chi connectivity index (χ3n) is 2.25. The van der Waals surface area contributed by atoms with E-state index in [2.05, 4.69) is 15.4 Å². The predicted octanol–water partition coefficient (Wildman–Crippen LogP) is 1.99. The fourth-order valence-electron chi connectivity index (χ4n) is 1.45. The molecular weight excluding hydrogens is 258 g/mol. The molecule has 0 amide bonds. The lowest BCUT2D eigenvalue weighted by atomic mass is 10.3. The van der Waals surface area contributed by atoms with Crippen LogP contribution < -0.4 is 5.32 Å². The van der Waals surface area contributed by atoms with Crippen molar-refractivity contribution in [3.63, 3.8) is 0 Å². The van der Waals surface area contributed by atoms with Gasteiger partial charge in [-0.15, -0.1) is 0 Å². The fourth-order valence-corrected chi connectivity index (χ4v) is 1.61. The maximum atomic E-state index is 10.8. The van der Waals surface area contributed by atoms with Crippen LogP contribution in [0.3, 0.4) is 0 Å². The van der Waals surface area contributed by atoms with Gasteiger partial charge in [0.2, 0.25) is 5.82 Å². The first-order valence-electron chi connectivity index (χ1n) is 5.07. The van der Waals surface area contributed by atoms with E-state index >= 15 is 0 Å². The quantitative estimate of drug-likeness (QED) is 0.676. The van der Waals surface area contributed by atoms with E-state index in [1.165, 1.54) is 12.3 Å². The number of nitro groups is 1. The Morgan fingerprint density at radius 2 is 2.33 bits per heavy atom. The summed E-state index contributed by atoms with van der Waals surface area (Å²) in [6, 6.07) is 1.26. The van der Waals surface area contributed by atoms with Crippen LogP contribution in [-0.2, 0) is 13.6 Å². The summed E-state index contributed by atoms with van der Waals surface area (Å²) >= 11 is 5.67. The summed E-state index contributed by atoms with van der Waals surface area (Å²) < 4.78 is 1.65. The molecule has 0 unspecified atom stereocenters. The summed E-state index contributed by atoms with van der Waals surface area (Å²) in [6.45, 7) is 0.406. The van der Waals surface area contributed by atoms with Crippen molar-refractivity contribution >= 4 is 23.1 Å². The normalized spacial score (nSPS) is 10.3. The molecule has 2 aromatic rings. The molecule has 8 heteroatoms. The van der Waals surface area contributed by atoms with Crippen LogP contribution in [0, 0.1) is 10.1 Å². The number of halogens is 1. The highest BCUT2D eigenvalue weighted by Crippen LogP contribution is 2.25. The van der Waals surface area contributed by atoms with Crippen LogP contribution in [0.2, 0.25) is 5.02 Å². The van der Waals surface area contributed by atoms with E-state index in [0.717, 1.165) is 5.56 Å². The average molecular weight is 268 g/mol. The maximum Gasteiger partial charge on any atom is 0.312 e. The summed E-state index contributed by atoms with van der Waals surface area (Å²) in [5, 5.41) is 18.0. The minimum Gasteiger partial charge on any atom is -0.360 e. The van der Waals surface area contributed by atoms with Crippen molar-refractivity contribution in [3.05, 3.63) is 45.4 Å². The highest BCUT2D eigenvalue weighted by Gasteiger charge is 2.15. The molecule has 0 radical (unpaired) electrons. The zero-order chi connectivity index (χ0) is 13.1. The van der Waals surface area contributed by atoms with Gasteiger partial charge in [0.25, 0.3) is 0 Å². The van der Waals surface area contributed by atoms with Crippen molar-refractivity contribution in [1.29, 1.82) is 0 Å². The average Bonchev–Trinajstić information content (AvgIpc) is 2.73. The zero-order valence-corrected chi connectivity index (χ0v) is 10.3. The third kappa shape index (κ3) is 2.75. The smallest absolute Gasteiger partial charge is 0.312 e. The van der Waals surface area contributed by atoms with Gasteiger partial charge >= 0.3 is 5.69 Å². The van der Waals surface area contributed by atoms with Crippen LogP contribution in [0.4, 0.5) is 11.5 Å². The van der Waals surface area contributed by atoms with Crippen molar-refractivity contribution in [3.8, 4) is 0 Å². The molecule has 0 bridgehead atoms. The topological polar surface area (TPSA) is 85.9 Å². The molecule has 0 aliphatic carbocycles. The Labute approximate surface area is 108 Å². The first-order valence-corrected chi connectivity index (χ1v) is 5.45. The van der Waals surface area contributed by atoms with Gasteiger partial charge in [-0.1, -0.05) is 11.6 Å². The molecule has 0 saturated carbocycles. The number of rotatable bonds is 4. The van der Waals surface area contributed by atoms with Crippen molar-refractivity contribution < 1.29 is 4.92 Å². The van der Waals surface area contributed by atoms with Gasteiger partial charge in [-0.05, 0) is 0 Å². The summed E-state index contributed by atoms with van der Waals surface area (Å²) in [5.41, 5.74) is 0.759. The number of anilines is 1. The van der Waals surface area contributed by atoms with Crippen molar-refractivity contribution in [2.24, 2.45) is 7.05 Å². The Morgan fingerprint density at radius 3 is 2.94 bits per heavy atom. The van der Waals surface area contributed by atoms with E-state index in [-0.39, 0.29) is 16.5 Å². The molecular formula is C10H10ClN5O2. The lowest BCUT2D eigenvalue weighted by Gasteiger charge is -2.04. The first kappa shape index (κ1) is 12.3. The van der Waals surface area contributed by atoms with Gasteiger partial charge in [0.1, 0.15) is 0 Å². The molecule has 2 rings (SSSR count). The second-order valence-electron chi connectivity index (χ2n) is 3.65. The summed E-state index contributed by atoms with van der Waals surface area (Å²) in [6.07, 6.45) is 4.85. The van der Waals surface area contributed by atoms with E-state index in [0.29, 0.717) is 6.54 Å². The molecule has 0 saturated heterocycles. The molecule has 0 aromatic carbocycles. The van der Waals surface area contributed by atoms with Gasteiger partial charge in [-0.25, -0.2) is 4.98 Å². The Balaban J connectivity index is 2.16. The van der Waals surface area contributed by atoms with Crippen LogP contribution >= 0.6 is 11.6 Å². The molecule has 7 nitrogen and oxygen atoms in total. The van der Waals surface area contributed by atoms with Gasteiger partial charge in [-0.2, -0.15) is 5.10 Å². The van der Waals surface area contributed by atoms with Gasteiger partial charge in [0.15, 0.2) is 0 Å². The van der Waals surface area contributed by atoms with Gasteiger partial charge < -0.3 is 5.32 Å². The van der Waals surface area contributed by atoms with Crippen LogP contribution in [-0.4, -0.2) is 19.7 Å². The molecule has 0 spiro atoms. The van der Waals surface area contributed by atoms with Gasteiger partial charge in [0.05, 0.1) is 16.1 Å². The number of hydrogen-bond donors (Lipinski definition) is 1. The second kappa shape index (κ2) is 5.01. The van der Waals surface area contributed by atoms with E-state index < -0.39 is 4.92 Å². The van der Waals surface area contributed by atoms with Crippen LogP contribution in [0.1, 0.15) is 5.56 Å². The second-order valence-corrected chi connectivity index (χ2v) is 4.09. The van der Waals surface area contributed by atoms with Crippen molar-refractivity contribution in [2.75, 3.05) is 5.32 Å². The number of aryl methyl sites for hydroxylation is 1. The van der Waals surface area contributed by atoms with Crippen molar-refractivity contribution in [2.45, 2.75) is 6.54 Å². The van der Waals surface area contributed by atoms with E-state index in [1.807, 2.05) is 6.20 Å². The molecule has 18 heavy (non-hydrogen) atoms. The highest BCUT2D eigenvalue weighted by molar-refractivity contribution is 6.30. The fraction of sp³-hybridized carbons (Fsp3) is 0.200. The number of pyridine rings is 1. The first-order chi connectivity index (χ1) is 8.56. The minimum absolute atomic E-state index is 0.147. The molecule has 2 heterocycles. The number of aromatic nitrogens is 3. The molecule has 2 aromatic heterocycles. The van der Waals surface area contributed by atoms with Crippen molar-refractivity contribution in [1.82, 2.24) is 14.8 Å². The summed E-state index contributed by atoms with van der Waals surface area (Å²) in [5.74, 6) is 0.188. The number of nitrogens with one attached hydrogen (secondary N) is 1. The largest absolute Gasteiger partial charge is 0.360 e. The van der Waals surface area contributed by atoms with Crippen LogP contribution in [0.5, 0.6) is 0 Å². The Hall–Kier alpha value is -2.15. The molecule has 1 N–H and O–H groups in total. The molecule has 0 aliphatic heterocycles. The van der Waals surface area contributed by atoms with E-state index in [9.17, 15) is 10.1 Å². The number of hydrogen-bond acceptors (Lipinski definition) is 5. The molecule has 94 valence electrons.